The van der Waals surface area contributed by atoms with Crippen molar-refractivity contribution in [3.63, 3.8) is 0 Å². The zero-order valence-electron chi connectivity index (χ0n) is 21.1. The molecule has 0 amide bonds. The van der Waals surface area contributed by atoms with Crippen molar-refractivity contribution in [3.8, 4) is 34.5 Å². The normalized spacial score (nSPS) is 10.6. The van der Waals surface area contributed by atoms with Gasteiger partial charge in [0.15, 0.2) is 11.6 Å². The van der Waals surface area contributed by atoms with Crippen LogP contribution < -0.4 is 20.9 Å². The van der Waals surface area contributed by atoms with Crippen molar-refractivity contribution in [1.82, 2.24) is 0 Å². The van der Waals surface area contributed by atoms with E-state index < -0.39 is 0 Å². The summed E-state index contributed by atoms with van der Waals surface area (Å²) in [7, 11) is 0. The Morgan fingerprint density at radius 1 is 0.500 bits per heavy atom. The number of phenols is 2. The van der Waals surface area contributed by atoms with Crippen LogP contribution in [0, 0.1) is 0 Å². The zero-order valence-corrected chi connectivity index (χ0v) is 21.1. The average molecular weight is 533 g/mol. The fourth-order valence-corrected chi connectivity index (χ4v) is 3.98. The largest absolute Gasteiger partial charge is 0.508 e. The summed E-state index contributed by atoms with van der Waals surface area (Å²) in [4.78, 5) is 26.4. The molecule has 0 aromatic heterocycles. The van der Waals surface area contributed by atoms with E-state index in [0.717, 1.165) is 0 Å². The van der Waals surface area contributed by atoms with E-state index >= 15 is 0 Å². The Labute approximate surface area is 229 Å². The molecule has 0 aliphatic rings. The topological polar surface area (TPSA) is 145 Å². The van der Waals surface area contributed by atoms with E-state index in [-0.39, 0.29) is 34.4 Å². The maximum absolute atomic E-state index is 13.2. The number of ketones is 2. The van der Waals surface area contributed by atoms with Gasteiger partial charge < -0.3 is 31.2 Å². The number of benzene rings is 5. The third-order valence-corrected chi connectivity index (χ3v) is 6.06. The van der Waals surface area contributed by atoms with Crippen LogP contribution in [-0.2, 0) is 0 Å². The minimum atomic E-state index is -0.310. The summed E-state index contributed by atoms with van der Waals surface area (Å²) in [6.07, 6.45) is 0. The Balaban J connectivity index is 1.32. The van der Waals surface area contributed by atoms with Crippen molar-refractivity contribution in [1.29, 1.82) is 0 Å². The van der Waals surface area contributed by atoms with Gasteiger partial charge in [-0.1, -0.05) is 18.2 Å². The monoisotopic (exact) mass is 532 g/mol. The number of carbonyl (C=O) groups excluding carboxylic acids is 2. The molecule has 8 nitrogen and oxygen atoms in total. The molecule has 0 spiro atoms. The first kappa shape index (κ1) is 25.9. The standard InChI is InChI=1S/C32H24N2O6/c33-27-17-21(4-14-29(27)39-25-10-6-23(35)7-11-25)31(37)19-2-1-3-20(16-19)32(38)22-5-15-30(28(34)18-22)40-26-12-8-24(36)9-13-26/h1-18,35-36H,33-34H2. The van der Waals surface area contributed by atoms with Crippen molar-refractivity contribution in [2.24, 2.45) is 0 Å². The molecule has 198 valence electrons. The first-order chi connectivity index (χ1) is 19.3. The highest BCUT2D eigenvalue weighted by Gasteiger charge is 2.16. The molecular formula is C32H24N2O6. The molecule has 0 bridgehead atoms. The van der Waals surface area contributed by atoms with Crippen molar-refractivity contribution < 1.29 is 29.3 Å². The van der Waals surface area contributed by atoms with E-state index in [1.54, 1.807) is 66.7 Å². The first-order valence-corrected chi connectivity index (χ1v) is 12.2. The lowest BCUT2D eigenvalue weighted by Gasteiger charge is -2.11. The van der Waals surface area contributed by atoms with Crippen LogP contribution in [0.5, 0.6) is 34.5 Å². The second kappa shape index (κ2) is 10.9. The summed E-state index contributed by atoms with van der Waals surface area (Å²) in [6, 6.07) is 28.2. The highest BCUT2D eigenvalue weighted by Crippen LogP contribution is 2.31. The Kier molecular flexibility index (Phi) is 7.07. The van der Waals surface area contributed by atoms with Crippen LogP contribution in [0.4, 0.5) is 11.4 Å². The van der Waals surface area contributed by atoms with Crippen LogP contribution in [0.3, 0.4) is 0 Å². The number of phenolic OH excluding ortho intramolecular Hbond substituents is 2. The lowest BCUT2D eigenvalue weighted by atomic mass is 9.97. The highest BCUT2D eigenvalue weighted by molar-refractivity contribution is 6.13. The van der Waals surface area contributed by atoms with Gasteiger partial charge in [-0.3, -0.25) is 9.59 Å². The van der Waals surface area contributed by atoms with Crippen molar-refractivity contribution in [2.75, 3.05) is 11.5 Å². The maximum Gasteiger partial charge on any atom is 0.193 e. The summed E-state index contributed by atoms with van der Waals surface area (Å²) in [5.41, 5.74) is 14.1. The van der Waals surface area contributed by atoms with Gasteiger partial charge in [0.2, 0.25) is 0 Å². The number of rotatable bonds is 8. The fourth-order valence-electron chi connectivity index (χ4n) is 3.98. The first-order valence-electron chi connectivity index (χ1n) is 12.2. The highest BCUT2D eigenvalue weighted by atomic mass is 16.5. The Bertz CT molecular complexity index is 1590. The molecule has 0 heterocycles. The SMILES string of the molecule is Nc1cc(C(=O)c2cccc(C(=O)c3ccc(Oc4ccc(O)cc4)c(N)c3)c2)ccc1Oc1ccc(O)cc1. The van der Waals surface area contributed by atoms with Gasteiger partial charge in [0.05, 0.1) is 11.4 Å². The van der Waals surface area contributed by atoms with Gasteiger partial charge in [0, 0.05) is 22.3 Å². The third kappa shape index (κ3) is 5.71. The van der Waals surface area contributed by atoms with Crippen LogP contribution in [0.15, 0.2) is 109 Å². The van der Waals surface area contributed by atoms with Crippen LogP contribution in [0.2, 0.25) is 0 Å². The quantitative estimate of drug-likeness (QED) is 0.134. The zero-order chi connectivity index (χ0) is 28.2. The molecule has 0 fully saturated rings. The van der Waals surface area contributed by atoms with Gasteiger partial charge in [0.25, 0.3) is 0 Å². The molecule has 0 unspecified atom stereocenters. The summed E-state index contributed by atoms with van der Waals surface area (Å²) < 4.78 is 11.5. The average Bonchev–Trinajstić information content (AvgIpc) is 2.96. The number of carbonyl (C=O) groups is 2. The molecule has 0 saturated heterocycles. The van der Waals surface area contributed by atoms with E-state index in [4.69, 9.17) is 20.9 Å². The van der Waals surface area contributed by atoms with Gasteiger partial charge in [0.1, 0.15) is 34.5 Å². The summed E-state index contributed by atoms with van der Waals surface area (Å²) in [6.45, 7) is 0. The number of hydrogen-bond acceptors (Lipinski definition) is 8. The molecule has 5 aromatic rings. The fraction of sp³-hybridized carbons (Fsp3) is 0. The van der Waals surface area contributed by atoms with E-state index in [0.29, 0.717) is 45.3 Å². The minimum absolute atomic E-state index is 0.113. The van der Waals surface area contributed by atoms with E-state index in [1.165, 1.54) is 42.5 Å². The van der Waals surface area contributed by atoms with Crippen LogP contribution in [-0.4, -0.2) is 21.8 Å². The Hall–Kier alpha value is -5.76. The predicted octanol–water partition coefficient (Wildman–Crippen LogP) is 6.31. The molecule has 0 aliphatic heterocycles. The maximum atomic E-state index is 13.2. The van der Waals surface area contributed by atoms with Gasteiger partial charge >= 0.3 is 0 Å². The molecular weight excluding hydrogens is 508 g/mol. The van der Waals surface area contributed by atoms with Crippen molar-refractivity contribution in [3.05, 3.63) is 131 Å². The number of aromatic hydroxyl groups is 2. The van der Waals surface area contributed by atoms with Crippen LogP contribution in [0.1, 0.15) is 31.8 Å². The molecule has 5 rings (SSSR count). The molecule has 6 N–H and O–H groups in total. The van der Waals surface area contributed by atoms with E-state index in [9.17, 15) is 19.8 Å². The number of nitrogens with two attached hydrogens (primary N) is 2. The molecule has 8 heteroatoms. The van der Waals surface area contributed by atoms with Crippen molar-refractivity contribution in [2.45, 2.75) is 0 Å². The van der Waals surface area contributed by atoms with Gasteiger partial charge in [-0.15, -0.1) is 0 Å². The van der Waals surface area contributed by atoms with Gasteiger partial charge in [-0.25, -0.2) is 0 Å². The van der Waals surface area contributed by atoms with Crippen molar-refractivity contribution >= 4 is 22.9 Å². The number of hydrogen-bond donors (Lipinski definition) is 4. The van der Waals surface area contributed by atoms with Crippen LogP contribution >= 0.6 is 0 Å². The number of anilines is 2. The Morgan fingerprint density at radius 2 is 0.875 bits per heavy atom. The molecule has 0 aliphatic carbocycles. The predicted molar refractivity (Wildman–Crippen MR) is 151 cm³/mol. The summed E-state index contributed by atoms with van der Waals surface area (Å²) >= 11 is 0. The van der Waals surface area contributed by atoms with E-state index in [2.05, 4.69) is 0 Å². The Morgan fingerprint density at radius 3 is 1.25 bits per heavy atom. The molecule has 0 radical (unpaired) electrons. The molecule has 40 heavy (non-hydrogen) atoms. The van der Waals surface area contributed by atoms with Gasteiger partial charge in [-0.2, -0.15) is 0 Å². The number of ether oxygens (including phenoxy) is 2. The van der Waals surface area contributed by atoms with E-state index in [1.807, 2.05) is 0 Å². The second-order valence-corrected chi connectivity index (χ2v) is 8.94. The third-order valence-electron chi connectivity index (χ3n) is 6.06. The number of nitrogen functional groups attached to an aromatic ring is 2. The second-order valence-electron chi connectivity index (χ2n) is 8.94. The molecule has 0 saturated carbocycles. The lowest BCUT2D eigenvalue weighted by Crippen LogP contribution is -2.07. The summed E-state index contributed by atoms with van der Waals surface area (Å²) in [5, 5.41) is 18.9. The molecule has 0 atom stereocenters. The van der Waals surface area contributed by atoms with Crippen LogP contribution in [0.25, 0.3) is 0 Å². The smallest absolute Gasteiger partial charge is 0.193 e. The molecule has 5 aromatic carbocycles. The van der Waals surface area contributed by atoms with Gasteiger partial charge in [-0.05, 0) is 91.0 Å². The lowest BCUT2D eigenvalue weighted by molar-refractivity contribution is 0.103. The summed E-state index contributed by atoms with van der Waals surface area (Å²) in [5.74, 6) is 1.29. The minimum Gasteiger partial charge on any atom is -0.508 e.